The van der Waals surface area contributed by atoms with Crippen LogP contribution < -0.4 is 15.4 Å². The molecule has 27 heavy (non-hydrogen) atoms. The smallest absolute Gasteiger partial charge is 0.406 e. The van der Waals surface area contributed by atoms with Crippen molar-refractivity contribution in [2.45, 2.75) is 38.8 Å². The van der Waals surface area contributed by atoms with Gasteiger partial charge in [0.05, 0.1) is 0 Å². The third-order valence-corrected chi connectivity index (χ3v) is 3.34. The Morgan fingerprint density at radius 3 is 2.37 bits per heavy atom. The van der Waals surface area contributed by atoms with Crippen LogP contribution in [0.3, 0.4) is 0 Å². The molecule has 0 spiro atoms. The van der Waals surface area contributed by atoms with Crippen LogP contribution in [0.2, 0.25) is 0 Å². The summed E-state index contributed by atoms with van der Waals surface area (Å²) in [5.41, 5.74) is -1.12. The van der Waals surface area contributed by atoms with Gasteiger partial charge in [-0.05, 0) is 25.5 Å². The normalized spacial score (nSPS) is 13.2. The number of rotatable bonds is 6. The van der Waals surface area contributed by atoms with E-state index >= 15 is 0 Å². The van der Waals surface area contributed by atoms with E-state index in [9.17, 15) is 26.3 Å². The predicted octanol–water partition coefficient (Wildman–Crippen LogP) is 5.35. The van der Waals surface area contributed by atoms with Gasteiger partial charge in [-0.1, -0.05) is 13.0 Å². The third kappa shape index (κ3) is 6.50. The van der Waals surface area contributed by atoms with Crippen molar-refractivity contribution < 1.29 is 31.1 Å². The number of anilines is 3. The lowest BCUT2D eigenvalue weighted by Crippen LogP contribution is -2.19. The summed E-state index contributed by atoms with van der Waals surface area (Å²) in [4.78, 5) is 7.38. The van der Waals surface area contributed by atoms with E-state index in [1.807, 2.05) is 6.92 Å². The molecule has 0 radical (unpaired) electrons. The Kier molecular flexibility index (Phi) is 6.01. The van der Waals surface area contributed by atoms with Gasteiger partial charge in [-0.15, -0.1) is 13.2 Å². The van der Waals surface area contributed by atoms with Crippen molar-refractivity contribution in [2.24, 2.45) is 0 Å². The zero-order valence-corrected chi connectivity index (χ0v) is 14.2. The molecule has 0 saturated heterocycles. The zero-order valence-electron chi connectivity index (χ0n) is 14.2. The second-order valence-electron chi connectivity index (χ2n) is 5.61. The minimum absolute atomic E-state index is 0.0677. The molecule has 1 aromatic heterocycles. The monoisotopic (exact) mass is 394 g/mol. The molecule has 1 heterocycles. The molecule has 2 N–H and O–H groups in total. The van der Waals surface area contributed by atoms with Crippen molar-refractivity contribution in [2.75, 3.05) is 10.6 Å². The van der Waals surface area contributed by atoms with Crippen molar-refractivity contribution >= 4 is 17.5 Å². The lowest BCUT2D eigenvalue weighted by atomic mass is 10.2. The number of nitrogens with one attached hydrogen (secondary N) is 2. The molecule has 0 fully saturated rings. The number of halogens is 6. The van der Waals surface area contributed by atoms with E-state index in [-0.39, 0.29) is 23.5 Å². The molecule has 0 amide bonds. The number of benzene rings is 1. The molecule has 2 aromatic rings. The van der Waals surface area contributed by atoms with Crippen LogP contribution >= 0.6 is 0 Å². The Bertz CT molecular complexity index is 778. The first kappa shape index (κ1) is 20.6. The number of nitrogens with zero attached hydrogens (tertiary/aromatic N) is 2. The molecule has 0 bridgehead atoms. The van der Waals surface area contributed by atoms with Gasteiger partial charge in [-0.2, -0.15) is 18.2 Å². The second-order valence-corrected chi connectivity index (χ2v) is 5.61. The summed E-state index contributed by atoms with van der Waals surface area (Å²) in [5, 5.41) is 5.27. The fraction of sp³-hybridized carbons (Fsp3) is 0.375. The minimum Gasteiger partial charge on any atom is -0.406 e. The summed E-state index contributed by atoms with van der Waals surface area (Å²) in [5.74, 6) is -0.993. The summed E-state index contributed by atoms with van der Waals surface area (Å²) >= 11 is 0. The van der Waals surface area contributed by atoms with Gasteiger partial charge >= 0.3 is 12.5 Å². The molecule has 0 saturated carbocycles. The van der Waals surface area contributed by atoms with Gasteiger partial charge in [-0.3, -0.25) is 0 Å². The average molecular weight is 394 g/mol. The highest BCUT2D eigenvalue weighted by molar-refractivity contribution is 5.59. The van der Waals surface area contributed by atoms with Crippen LogP contribution in [0.15, 0.2) is 30.3 Å². The Balaban J connectivity index is 2.32. The largest absolute Gasteiger partial charge is 0.573 e. The minimum atomic E-state index is -4.88. The summed E-state index contributed by atoms with van der Waals surface area (Å²) in [6.07, 6.45) is -8.98. The Morgan fingerprint density at radius 1 is 1.07 bits per heavy atom. The van der Waals surface area contributed by atoms with Gasteiger partial charge in [0.25, 0.3) is 0 Å². The molecule has 1 aromatic carbocycles. The van der Waals surface area contributed by atoms with Crippen LogP contribution in [0.5, 0.6) is 5.75 Å². The maximum absolute atomic E-state index is 13.1. The molecule has 0 aliphatic heterocycles. The summed E-state index contributed by atoms with van der Waals surface area (Å²) < 4.78 is 79.9. The van der Waals surface area contributed by atoms with Crippen LogP contribution in [-0.4, -0.2) is 22.4 Å². The number of ether oxygens (including phenoxy) is 1. The molecule has 148 valence electrons. The van der Waals surface area contributed by atoms with E-state index in [2.05, 4.69) is 25.3 Å². The second kappa shape index (κ2) is 7.89. The Morgan fingerprint density at radius 2 is 1.78 bits per heavy atom. The van der Waals surface area contributed by atoms with Crippen LogP contribution in [0, 0.1) is 0 Å². The van der Waals surface area contributed by atoms with E-state index in [0.29, 0.717) is 12.5 Å². The number of alkyl halides is 6. The van der Waals surface area contributed by atoms with E-state index in [1.54, 1.807) is 6.92 Å². The summed E-state index contributed by atoms with van der Waals surface area (Å²) in [7, 11) is 0. The van der Waals surface area contributed by atoms with Gasteiger partial charge in [0.15, 0.2) is 5.69 Å². The summed E-state index contributed by atoms with van der Waals surface area (Å²) in [6, 6.07) is 5.16. The van der Waals surface area contributed by atoms with Crippen molar-refractivity contribution in [1.82, 2.24) is 9.97 Å². The highest BCUT2D eigenvalue weighted by Gasteiger charge is 2.34. The lowest BCUT2D eigenvalue weighted by molar-refractivity contribution is -0.274. The van der Waals surface area contributed by atoms with Crippen LogP contribution in [0.1, 0.15) is 26.0 Å². The van der Waals surface area contributed by atoms with E-state index < -0.39 is 24.0 Å². The van der Waals surface area contributed by atoms with E-state index in [0.717, 1.165) is 12.1 Å². The average Bonchev–Trinajstić information content (AvgIpc) is 2.52. The zero-order chi connectivity index (χ0) is 20.2. The summed E-state index contributed by atoms with van der Waals surface area (Å²) in [6.45, 7) is 3.57. The van der Waals surface area contributed by atoms with Crippen molar-refractivity contribution in [1.29, 1.82) is 0 Å². The molecular formula is C16H16F6N4O. The van der Waals surface area contributed by atoms with Gasteiger partial charge < -0.3 is 15.4 Å². The standard InChI is InChI=1S/C16H16F6N4O/c1-3-9(2)23-14-25-12(15(17,18)19)8-13(26-14)24-10-5-4-6-11(7-10)27-16(20,21)22/h4-9H,3H2,1-2H3,(H2,23,24,25,26)/t9-/m1/s1. The first-order valence-corrected chi connectivity index (χ1v) is 7.82. The molecular weight excluding hydrogens is 378 g/mol. The maximum atomic E-state index is 13.1. The van der Waals surface area contributed by atoms with Crippen LogP contribution in [0.25, 0.3) is 0 Å². The van der Waals surface area contributed by atoms with Gasteiger partial charge in [0, 0.05) is 23.9 Å². The number of hydrogen-bond acceptors (Lipinski definition) is 5. The molecule has 0 aliphatic rings. The van der Waals surface area contributed by atoms with Crippen molar-refractivity contribution in [3.05, 3.63) is 36.0 Å². The fourth-order valence-electron chi connectivity index (χ4n) is 1.96. The van der Waals surface area contributed by atoms with Crippen LogP contribution in [-0.2, 0) is 6.18 Å². The number of hydrogen-bond donors (Lipinski definition) is 2. The number of aromatic nitrogens is 2. The molecule has 11 heteroatoms. The fourth-order valence-corrected chi connectivity index (χ4v) is 1.96. The maximum Gasteiger partial charge on any atom is 0.573 e. The Labute approximate surface area is 150 Å². The van der Waals surface area contributed by atoms with E-state index in [4.69, 9.17) is 0 Å². The highest BCUT2D eigenvalue weighted by atomic mass is 19.4. The van der Waals surface area contributed by atoms with Gasteiger partial charge in [-0.25, -0.2) is 4.98 Å². The molecule has 1 atom stereocenters. The molecule has 0 unspecified atom stereocenters. The van der Waals surface area contributed by atoms with Crippen molar-refractivity contribution in [3.8, 4) is 5.75 Å². The topological polar surface area (TPSA) is 59.1 Å². The SMILES string of the molecule is CC[C@@H](C)Nc1nc(Nc2cccc(OC(F)(F)F)c2)cc(C(F)(F)F)n1. The lowest BCUT2D eigenvalue weighted by Gasteiger charge is -2.16. The first-order chi connectivity index (χ1) is 12.5. The molecule has 5 nitrogen and oxygen atoms in total. The third-order valence-electron chi connectivity index (χ3n) is 3.34. The molecule has 0 aliphatic carbocycles. The first-order valence-electron chi connectivity index (χ1n) is 7.82. The quantitative estimate of drug-likeness (QED) is 0.647. The predicted molar refractivity (Wildman–Crippen MR) is 86.8 cm³/mol. The Hall–Kier alpha value is -2.72. The highest BCUT2D eigenvalue weighted by Crippen LogP contribution is 2.31. The molecule has 2 rings (SSSR count). The van der Waals surface area contributed by atoms with Gasteiger partial charge in [0.2, 0.25) is 5.95 Å². The van der Waals surface area contributed by atoms with E-state index in [1.165, 1.54) is 12.1 Å². The van der Waals surface area contributed by atoms with Crippen molar-refractivity contribution in [3.63, 3.8) is 0 Å². The van der Waals surface area contributed by atoms with Gasteiger partial charge in [0.1, 0.15) is 11.6 Å². The van der Waals surface area contributed by atoms with Crippen LogP contribution in [0.4, 0.5) is 43.8 Å².